The number of aromatic nitrogens is 1. The van der Waals surface area contributed by atoms with Crippen LogP contribution in [0.4, 0.5) is 0 Å². The maximum atomic E-state index is 11.1. The molecule has 0 spiro atoms. The smallest absolute Gasteiger partial charge is 0.153 e. The van der Waals surface area contributed by atoms with Gasteiger partial charge in [-0.3, -0.25) is 9.78 Å². The van der Waals surface area contributed by atoms with Gasteiger partial charge in [0.25, 0.3) is 0 Å². The molecular weight excluding hydrogens is 250 g/mol. The number of aldehydes is 1. The summed E-state index contributed by atoms with van der Waals surface area (Å²) in [5.41, 5.74) is 2.35. The fourth-order valence-corrected chi connectivity index (χ4v) is 2.13. The summed E-state index contributed by atoms with van der Waals surface area (Å²) in [6.07, 6.45) is 2.53. The molecule has 0 aliphatic rings. The first-order chi connectivity index (χ1) is 9.78. The number of para-hydroxylation sites is 1. The molecule has 0 saturated heterocycles. The molecular formula is C17H13NO2. The van der Waals surface area contributed by atoms with Gasteiger partial charge in [-0.05, 0) is 31.2 Å². The van der Waals surface area contributed by atoms with Crippen molar-refractivity contribution >= 4 is 17.2 Å². The molecule has 0 aliphatic heterocycles. The Bertz CT molecular complexity index is 776. The third-order valence-electron chi connectivity index (χ3n) is 3.11. The molecule has 3 heteroatoms. The number of benzene rings is 2. The summed E-state index contributed by atoms with van der Waals surface area (Å²) in [5.74, 6) is 1.19. The van der Waals surface area contributed by atoms with Crippen LogP contribution in [-0.2, 0) is 0 Å². The van der Waals surface area contributed by atoms with Crippen molar-refractivity contribution in [2.75, 3.05) is 0 Å². The van der Waals surface area contributed by atoms with Gasteiger partial charge in [0.05, 0.1) is 5.56 Å². The van der Waals surface area contributed by atoms with Crippen molar-refractivity contribution in [3.8, 4) is 11.5 Å². The number of carbonyl (C=O) groups is 1. The van der Waals surface area contributed by atoms with Gasteiger partial charge in [0, 0.05) is 11.6 Å². The van der Waals surface area contributed by atoms with Crippen molar-refractivity contribution in [2.45, 2.75) is 6.92 Å². The number of pyridine rings is 1. The summed E-state index contributed by atoms with van der Waals surface area (Å²) in [6.45, 7) is 1.94. The topological polar surface area (TPSA) is 39.2 Å². The minimum Gasteiger partial charge on any atom is -0.454 e. The standard InChI is InChI=1S/C17H13NO2/c1-12-7-8-15(14(10-12)11-19)20-16-6-2-4-13-5-3-9-18-17(13)16/h2-11H,1H3. The second-order valence-electron chi connectivity index (χ2n) is 4.59. The van der Waals surface area contributed by atoms with Crippen molar-refractivity contribution < 1.29 is 9.53 Å². The number of ether oxygens (including phenoxy) is 1. The Morgan fingerprint density at radius 2 is 1.90 bits per heavy atom. The average molecular weight is 263 g/mol. The third-order valence-corrected chi connectivity index (χ3v) is 3.11. The zero-order valence-corrected chi connectivity index (χ0v) is 11.0. The fourth-order valence-electron chi connectivity index (χ4n) is 2.13. The lowest BCUT2D eigenvalue weighted by molar-refractivity contribution is 0.112. The van der Waals surface area contributed by atoms with E-state index >= 15 is 0 Å². The molecule has 0 atom stereocenters. The third kappa shape index (κ3) is 2.26. The van der Waals surface area contributed by atoms with Gasteiger partial charge in [0.1, 0.15) is 11.3 Å². The molecule has 3 aromatic rings. The number of rotatable bonds is 3. The molecule has 0 saturated carbocycles. The molecule has 0 bridgehead atoms. The summed E-state index contributed by atoms with van der Waals surface area (Å²) >= 11 is 0. The Labute approximate surface area is 116 Å². The number of hydrogen-bond donors (Lipinski definition) is 0. The molecule has 1 heterocycles. The summed E-state index contributed by atoms with van der Waals surface area (Å²) in [5, 5.41) is 1.00. The number of aryl methyl sites for hydroxylation is 1. The van der Waals surface area contributed by atoms with E-state index in [1.165, 1.54) is 0 Å². The molecule has 1 aromatic heterocycles. The summed E-state index contributed by atoms with van der Waals surface area (Å²) < 4.78 is 5.87. The van der Waals surface area contributed by atoms with Gasteiger partial charge < -0.3 is 4.74 Å². The van der Waals surface area contributed by atoms with Gasteiger partial charge in [-0.2, -0.15) is 0 Å². The highest BCUT2D eigenvalue weighted by molar-refractivity contribution is 5.85. The molecule has 98 valence electrons. The molecule has 0 N–H and O–H groups in total. The highest BCUT2D eigenvalue weighted by atomic mass is 16.5. The van der Waals surface area contributed by atoms with E-state index in [0.29, 0.717) is 17.1 Å². The van der Waals surface area contributed by atoms with Crippen LogP contribution in [0.2, 0.25) is 0 Å². The van der Waals surface area contributed by atoms with E-state index in [9.17, 15) is 4.79 Å². The first-order valence-electron chi connectivity index (χ1n) is 6.35. The van der Waals surface area contributed by atoms with Crippen molar-refractivity contribution in [3.05, 3.63) is 65.9 Å². The van der Waals surface area contributed by atoms with Crippen LogP contribution in [-0.4, -0.2) is 11.3 Å². The monoisotopic (exact) mass is 263 g/mol. The number of fused-ring (bicyclic) bond motifs is 1. The second kappa shape index (κ2) is 5.13. The first-order valence-corrected chi connectivity index (χ1v) is 6.35. The highest BCUT2D eigenvalue weighted by Crippen LogP contribution is 2.30. The quantitative estimate of drug-likeness (QED) is 0.666. The van der Waals surface area contributed by atoms with Crippen LogP contribution in [0.15, 0.2) is 54.7 Å². The predicted octanol–water partition coefficient (Wildman–Crippen LogP) is 4.15. The molecule has 0 fully saturated rings. The molecule has 0 aliphatic carbocycles. The SMILES string of the molecule is Cc1ccc(Oc2cccc3cccnc23)c(C=O)c1. The van der Waals surface area contributed by atoms with Crippen LogP contribution in [0.25, 0.3) is 10.9 Å². The minimum absolute atomic E-state index is 0.540. The van der Waals surface area contributed by atoms with Crippen LogP contribution in [0.1, 0.15) is 15.9 Å². The van der Waals surface area contributed by atoms with Crippen LogP contribution in [0.3, 0.4) is 0 Å². The van der Waals surface area contributed by atoms with E-state index in [2.05, 4.69) is 4.98 Å². The normalized spacial score (nSPS) is 10.4. The van der Waals surface area contributed by atoms with Crippen molar-refractivity contribution in [3.63, 3.8) is 0 Å². The molecule has 0 amide bonds. The van der Waals surface area contributed by atoms with Gasteiger partial charge >= 0.3 is 0 Å². The molecule has 3 nitrogen and oxygen atoms in total. The van der Waals surface area contributed by atoms with E-state index in [4.69, 9.17) is 4.74 Å². The molecule has 20 heavy (non-hydrogen) atoms. The van der Waals surface area contributed by atoms with E-state index in [-0.39, 0.29) is 0 Å². The van der Waals surface area contributed by atoms with E-state index in [0.717, 1.165) is 22.8 Å². The lowest BCUT2D eigenvalue weighted by Gasteiger charge is -2.10. The highest BCUT2D eigenvalue weighted by Gasteiger charge is 2.08. The van der Waals surface area contributed by atoms with E-state index < -0.39 is 0 Å². The zero-order chi connectivity index (χ0) is 13.9. The Morgan fingerprint density at radius 3 is 2.75 bits per heavy atom. The lowest BCUT2D eigenvalue weighted by Crippen LogP contribution is -1.93. The average Bonchev–Trinajstić information content (AvgIpc) is 2.49. The minimum atomic E-state index is 0.540. The van der Waals surface area contributed by atoms with Crippen molar-refractivity contribution in [1.29, 1.82) is 0 Å². The molecule has 0 radical (unpaired) electrons. The summed E-state index contributed by atoms with van der Waals surface area (Å²) in [6, 6.07) is 15.1. The molecule has 3 rings (SSSR count). The van der Waals surface area contributed by atoms with Gasteiger partial charge in [-0.15, -0.1) is 0 Å². The Hall–Kier alpha value is -2.68. The van der Waals surface area contributed by atoms with Gasteiger partial charge in [0.2, 0.25) is 0 Å². The summed E-state index contributed by atoms with van der Waals surface area (Å²) in [4.78, 5) is 15.5. The number of hydrogen-bond acceptors (Lipinski definition) is 3. The van der Waals surface area contributed by atoms with E-state index in [1.807, 2.05) is 43.3 Å². The number of carbonyl (C=O) groups excluding carboxylic acids is 1. The molecule has 0 unspecified atom stereocenters. The Kier molecular flexibility index (Phi) is 3.17. The maximum Gasteiger partial charge on any atom is 0.153 e. The Morgan fingerprint density at radius 1 is 1.05 bits per heavy atom. The van der Waals surface area contributed by atoms with Gasteiger partial charge in [-0.1, -0.05) is 29.8 Å². The number of nitrogens with zero attached hydrogens (tertiary/aromatic N) is 1. The van der Waals surface area contributed by atoms with E-state index in [1.54, 1.807) is 18.3 Å². The van der Waals surface area contributed by atoms with Crippen molar-refractivity contribution in [2.24, 2.45) is 0 Å². The Balaban J connectivity index is 2.08. The maximum absolute atomic E-state index is 11.1. The zero-order valence-electron chi connectivity index (χ0n) is 11.0. The molecule has 2 aromatic carbocycles. The lowest BCUT2D eigenvalue weighted by atomic mass is 10.1. The first kappa shape index (κ1) is 12.4. The van der Waals surface area contributed by atoms with Gasteiger partial charge in [-0.25, -0.2) is 0 Å². The fraction of sp³-hybridized carbons (Fsp3) is 0.0588. The van der Waals surface area contributed by atoms with Gasteiger partial charge in [0.15, 0.2) is 12.0 Å². The predicted molar refractivity (Wildman–Crippen MR) is 78.4 cm³/mol. The van der Waals surface area contributed by atoms with Crippen LogP contribution < -0.4 is 4.74 Å². The summed E-state index contributed by atoms with van der Waals surface area (Å²) in [7, 11) is 0. The van der Waals surface area contributed by atoms with Crippen LogP contribution >= 0.6 is 0 Å². The van der Waals surface area contributed by atoms with Crippen LogP contribution in [0.5, 0.6) is 11.5 Å². The largest absolute Gasteiger partial charge is 0.454 e. The van der Waals surface area contributed by atoms with Crippen LogP contribution in [0, 0.1) is 6.92 Å². The van der Waals surface area contributed by atoms with Crippen molar-refractivity contribution in [1.82, 2.24) is 4.98 Å². The second-order valence-corrected chi connectivity index (χ2v) is 4.59.